The van der Waals surface area contributed by atoms with Crippen molar-refractivity contribution in [3.63, 3.8) is 0 Å². The van der Waals surface area contributed by atoms with Crippen molar-refractivity contribution in [2.24, 2.45) is 17.3 Å². The Labute approximate surface area is 316 Å². The summed E-state index contributed by atoms with van der Waals surface area (Å²) in [6.45, 7) is -0.517. The first kappa shape index (κ1) is 37.3. The Morgan fingerprint density at radius 1 is 0.982 bits per heavy atom. The number of aromatic nitrogens is 2. The zero-order valence-electron chi connectivity index (χ0n) is 30.2. The van der Waals surface area contributed by atoms with Crippen LogP contribution in [0.3, 0.4) is 0 Å². The third-order valence-corrected chi connectivity index (χ3v) is 13.5. The van der Waals surface area contributed by atoms with Crippen molar-refractivity contribution in [3.8, 4) is 5.88 Å². The van der Waals surface area contributed by atoms with E-state index in [0.717, 1.165) is 18.9 Å². The van der Waals surface area contributed by atoms with Gasteiger partial charge in [-0.15, -0.1) is 0 Å². The number of sulfonamides is 1. The Balaban J connectivity index is 1.18. The second-order valence-corrected chi connectivity index (χ2v) is 17.8. The monoisotopic (exact) mass is 782 g/mol. The van der Waals surface area contributed by atoms with E-state index in [2.05, 4.69) is 25.3 Å². The predicted molar refractivity (Wildman–Crippen MR) is 193 cm³/mol. The van der Waals surface area contributed by atoms with Gasteiger partial charge >= 0.3 is 12.0 Å². The van der Waals surface area contributed by atoms with Gasteiger partial charge in [0, 0.05) is 17.9 Å². The van der Waals surface area contributed by atoms with E-state index in [1.165, 1.54) is 11.0 Å². The number of para-hydroxylation sites is 2. The minimum Gasteiger partial charge on any atom is -0.470 e. The van der Waals surface area contributed by atoms with Crippen molar-refractivity contribution in [1.29, 1.82) is 0 Å². The molecule has 55 heavy (non-hydrogen) atoms. The van der Waals surface area contributed by atoms with Gasteiger partial charge in [-0.25, -0.2) is 23.2 Å². The van der Waals surface area contributed by atoms with Crippen LogP contribution in [0.5, 0.6) is 5.88 Å². The van der Waals surface area contributed by atoms with Crippen LogP contribution in [0.4, 0.5) is 13.6 Å². The van der Waals surface area contributed by atoms with E-state index in [-0.39, 0.29) is 50.0 Å². The summed E-state index contributed by atoms with van der Waals surface area (Å²) in [5, 5.41) is 4.84. The second kappa shape index (κ2) is 14.1. The summed E-state index contributed by atoms with van der Waals surface area (Å²) in [4.78, 5) is 65.5. The van der Waals surface area contributed by atoms with Crippen LogP contribution in [0.15, 0.2) is 48.6 Å². The highest BCUT2D eigenvalue weighted by molar-refractivity contribution is 7.91. The summed E-state index contributed by atoms with van der Waals surface area (Å²) >= 11 is 0. The molecule has 3 saturated carbocycles. The molecular formula is C38H44F2N6O8S. The van der Waals surface area contributed by atoms with E-state index in [4.69, 9.17) is 9.47 Å². The van der Waals surface area contributed by atoms with E-state index in [1.54, 1.807) is 30.3 Å². The van der Waals surface area contributed by atoms with Crippen LogP contribution in [0, 0.1) is 17.3 Å². The largest absolute Gasteiger partial charge is 0.470 e. The molecule has 3 aliphatic carbocycles. The molecule has 8 rings (SSSR count). The second-order valence-electron chi connectivity index (χ2n) is 15.9. The maximum Gasteiger partial charge on any atom is 0.407 e. The van der Waals surface area contributed by atoms with Gasteiger partial charge in [-0.1, -0.05) is 43.2 Å². The number of benzene rings is 1. The number of alkyl carbamates (subject to hydrolysis) is 1. The maximum absolute atomic E-state index is 16.2. The van der Waals surface area contributed by atoms with Gasteiger partial charge in [-0.2, -0.15) is 8.78 Å². The van der Waals surface area contributed by atoms with Crippen molar-refractivity contribution in [2.45, 2.75) is 99.5 Å². The molecule has 1 aromatic carbocycles. The number of ether oxygens (including phenoxy) is 2. The standard InChI is InChI=1S/C38H44F2N6O8S/c39-38(40)16-8-15-36(17-18-36)22-53-35(50)43-28-12-5-3-1-2-4-9-23-19-37(23,34(49)45-55(51,52)24-13-14-24)44-31(47)25-20-46(33(28)48)21-29(25)54-32-30(38)41-26-10-6-7-11-27(26)42-32/h4,6-11,16,23-25,28-29H,1-3,5,12-15,17-22H2,(H,43,50)(H,44,47)(H,45,49)/b9-4+,16-8+/t23-,25?,28+,29+,37+/m1/s1. The number of hydrogen-bond acceptors (Lipinski definition) is 10. The van der Waals surface area contributed by atoms with Crippen LogP contribution in [0.25, 0.3) is 11.0 Å². The predicted octanol–water partition coefficient (Wildman–Crippen LogP) is 3.77. The first-order valence-electron chi connectivity index (χ1n) is 19.0. The zero-order valence-corrected chi connectivity index (χ0v) is 31.0. The quantitative estimate of drug-likeness (QED) is 0.388. The van der Waals surface area contributed by atoms with Gasteiger partial charge in [-0.05, 0) is 76.0 Å². The first-order chi connectivity index (χ1) is 26.3. The third kappa shape index (κ3) is 7.76. The van der Waals surface area contributed by atoms with Crippen molar-refractivity contribution in [2.75, 3.05) is 19.7 Å². The van der Waals surface area contributed by atoms with E-state index in [1.807, 2.05) is 6.08 Å². The van der Waals surface area contributed by atoms with Gasteiger partial charge in [-0.3, -0.25) is 19.1 Å². The number of rotatable bonds is 3. The van der Waals surface area contributed by atoms with Crippen LogP contribution in [0.1, 0.15) is 76.3 Å². The summed E-state index contributed by atoms with van der Waals surface area (Å²) in [7, 11) is -3.95. The molecule has 4 amide bonds. The summed E-state index contributed by atoms with van der Waals surface area (Å²) in [6.07, 6.45) is 9.23. The summed E-state index contributed by atoms with van der Waals surface area (Å²) < 4.78 is 72.1. The zero-order chi connectivity index (χ0) is 38.6. The summed E-state index contributed by atoms with van der Waals surface area (Å²) in [5.74, 6) is -8.05. The molecule has 1 saturated heterocycles. The molecule has 1 spiro atoms. The van der Waals surface area contributed by atoms with Crippen molar-refractivity contribution in [3.05, 3.63) is 54.3 Å². The minimum atomic E-state index is -3.95. The Morgan fingerprint density at radius 2 is 1.75 bits per heavy atom. The molecule has 3 N–H and O–H groups in total. The fourth-order valence-electron chi connectivity index (χ4n) is 7.78. The number of nitrogens with zero attached hydrogens (tertiary/aromatic N) is 3. The van der Waals surface area contributed by atoms with Gasteiger partial charge in [0.2, 0.25) is 27.7 Å². The first-order valence-corrected chi connectivity index (χ1v) is 20.6. The van der Waals surface area contributed by atoms with Crippen LogP contribution in [-0.2, 0) is 35.1 Å². The molecule has 4 heterocycles. The molecule has 1 aromatic heterocycles. The highest BCUT2D eigenvalue weighted by Crippen LogP contribution is 2.50. The van der Waals surface area contributed by atoms with E-state index < -0.39 is 91.5 Å². The number of amides is 4. The van der Waals surface area contributed by atoms with Gasteiger partial charge in [0.05, 0.1) is 35.4 Å². The maximum atomic E-state index is 16.2. The molecule has 6 aliphatic rings. The number of carbonyl (C=O) groups is 4. The van der Waals surface area contributed by atoms with Crippen LogP contribution >= 0.6 is 0 Å². The number of fused-ring (bicyclic) bond motifs is 7. The highest BCUT2D eigenvalue weighted by atomic mass is 32.2. The summed E-state index contributed by atoms with van der Waals surface area (Å²) in [5.41, 5.74) is -2.41. The average Bonchev–Trinajstić information content (AvgIpc) is 4.07. The molecule has 14 nitrogen and oxygen atoms in total. The van der Waals surface area contributed by atoms with Crippen LogP contribution in [-0.4, -0.2) is 89.7 Å². The van der Waals surface area contributed by atoms with E-state index in [9.17, 15) is 27.6 Å². The lowest BCUT2D eigenvalue weighted by Crippen LogP contribution is -2.55. The number of cyclic esters (lactones) is 1. The van der Waals surface area contributed by atoms with Gasteiger partial charge in [0.15, 0.2) is 5.69 Å². The molecule has 5 atom stereocenters. The van der Waals surface area contributed by atoms with Gasteiger partial charge in [0.25, 0.3) is 5.91 Å². The number of nitrogens with one attached hydrogen (secondary N) is 3. The number of halogens is 2. The third-order valence-electron chi connectivity index (χ3n) is 11.7. The number of carbonyl (C=O) groups excluding carboxylic acids is 4. The Kier molecular flexibility index (Phi) is 9.57. The normalized spacial score (nSPS) is 31.9. The SMILES string of the molecule is O=C1N[C@H]2CCCCC/C=C/[C@@H]3C[C@]3(C(=O)NS(=O)(=O)C3CC3)NC(=O)C3CN(C[C@@H]3Oc3nc4ccccc4nc3C(F)(F)/C=C/CC3(CC3)CO1)C2=O. The smallest absolute Gasteiger partial charge is 0.407 e. The molecular weight excluding hydrogens is 739 g/mol. The van der Waals surface area contributed by atoms with Crippen molar-refractivity contribution >= 4 is 44.9 Å². The molecule has 294 valence electrons. The average molecular weight is 783 g/mol. The van der Waals surface area contributed by atoms with E-state index >= 15 is 8.78 Å². The fraction of sp³-hybridized carbons (Fsp3) is 0.579. The number of allylic oxidation sites excluding steroid dienone is 3. The molecule has 4 fully saturated rings. The lowest BCUT2D eigenvalue weighted by atomic mass is 10.0. The minimum absolute atomic E-state index is 0.0154. The number of alkyl halides is 2. The van der Waals surface area contributed by atoms with Crippen LogP contribution in [0.2, 0.25) is 0 Å². The topological polar surface area (TPSA) is 186 Å². The van der Waals surface area contributed by atoms with Crippen LogP contribution < -0.4 is 20.1 Å². The molecule has 2 aromatic rings. The lowest BCUT2D eigenvalue weighted by molar-refractivity contribution is -0.134. The van der Waals surface area contributed by atoms with E-state index in [0.29, 0.717) is 38.5 Å². The van der Waals surface area contributed by atoms with Crippen molar-refractivity contribution in [1.82, 2.24) is 30.2 Å². The van der Waals surface area contributed by atoms with Crippen molar-refractivity contribution < 1.29 is 45.9 Å². The Bertz CT molecular complexity index is 2070. The molecule has 1 unspecified atom stereocenters. The molecule has 0 radical (unpaired) electrons. The number of hydrogen-bond donors (Lipinski definition) is 3. The highest BCUT2D eigenvalue weighted by Gasteiger charge is 2.62. The fourth-order valence-corrected chi connectivity index (χ4v) is 9.14. The molecule has 17 heteroatoms. The molecule has 3 aliphatic heterocycles. The lowest BCUT2D eigenvalue weighted by Gasteiger charge is -2.25. The Morgan fingerprint density at radius 3 is 2.49 bits per heavy atom. The summed E-state index contributed by atoms with van der Waals surface area (Å²) in [6, 6.07) is 5.44. The Hall–Kier alpha value is -4.67. The van der Waals surface area contributed by atoms with Gasteiger partial charge < -0.3 is 25.0 Å². The molecule has 4 bridgehead atoms. The van der Waals surface area contributed by atoms with Gasteiger partial charge in [0.1, 0.15) is 17.7 Å².